The zero-order valence-corrected chi connectivity index (χ0v) is 19.1. The molecule has 0 saturated carbocycles. The van der Waals surface area contributed by atoms with Crippen LogP contribution in [0, 0.1) is 6.92 Å². The highest BCUT2D eigenvalue weighted by atomic mass is 35.5. The van der Waals surface area contributed by atoms with Gasteiger partial charge in [-0.25, -0.2) is 8.42 Å². The molecule has 3 aromatic carbocycles. The highest BCUT2D eigenvalue weighted by Gasteiger charge is 2.25. The lowest BCUT2D eigenvalue weighted by Gasteiger charge is -2.16. The van der Waals surface area contributed by atoms with Gasteiger partial charge >= 0.3 is 0 Å². The van der Waals surface area contributed by atoms with Gasteiger partial charge in [0.15, 0.2) is 5.75 Å². The molecule has 31 heavy (non-hydrogen) atoms. The van der Waals surface area contributed by atoms with Crippen molar-refractivity contribution in [2.45, 2.75) is 16.7 Å². The van der Waals surface area contributed by atoms with E-state index in [9.17, 15) is 13.2 Å². The summed E-state index contributed by atoms with van der Waals surface area (Å²) >= 11 is 12.3. The Balaban J connectivity index is 1.85. The van der Waals surface area contributed by atoms with Crippen LogP contribution in [0.3, 0.4) is 0 Å². The van der Waals surface area contributed by atoms with Crippen LogP contribution in [0.1, 0.15) is 5.56 Å². The molecule has 0 aliphatic rings. The van der Waals surface area contributed by atoms with Crippen LogP contribution in [-0.2, 0) is 14.6 Å². The van der Waals surface area contributed by atoms with Crippen molar-refractivity contribution in [3.63, 3.8) is 0 Å². The summed E-state index contributed by atoms with van der Waals surface area (Å²) in [6, 6.07) is 16.0. The van der Waals surface area contributed by atoms with Gasteiger partial charge in [-0.05, 0) is 48.9 Å². The lowest BCUT2D eigenvalue weighted by Crippen LogP contribution is -2.22. The number of ether oxygens (including phenoxy) is 1. The number of hydrogen-bond donors (Lipinski definition) is 2. The van der Waals surface area contributed by atoms with Crippen molar-refractivity contribution in [2.24, 2.45) is 0 Å². The molecular weight excluding hydrogens is 459 g/mol. The van der Waals surface area contributed by atoms with E-state index in [1.165, 1.54) is 31.4 Å². The first kappa shape index (κ1) is 22.9. The van der Waals surface area contributed by atoms with Crippen LogP contribution in [-0.4, -0.2) is 28.0 Å². The molecule has 3 rings (SSSR count). The third-order valence-electron chi connectivity index (χ3n) is 4.46. The molecule has 0 atom stereocenters. The number of rotatable bonds is 7. The maximum absolute atomic E-state index is 13.1. The van der Waals surface area contributed by atoms with E-state index in [0.717, 1.165) is 5.56 Å². The van der Waals surface area contributed by atoms with Crippen molar-refractivity contribution in [2.75, 3.05) is 24.3 Å². The number of hydrogen-bond acceptors (Lipinski definition) is 5. The fourth-order valence-corrected chi connectivity index (χ4v) is 4.84. The highest BCUT2D eigenvalue weighted by molar-refractivity contribution is 7.91. The number of nitrogens with one attached hydrogen (secondary N) is 2. The molecule has 0 unspecified atom stereocenters. The van der Waals surface area contributed by atoms with Crippen LogP contribution >= 0.6 is 23.2 Å². The predicted molar refractivity (Wildman–Crippen MR) is 123 cm³/mol. The summed E-state index contributed by atoms with van der Waals surface area (Å²) in [6.45, 7) is 1.72. The van der Waals surface area contributed by atoms with Gasteiger partial charge in [-0.15, -0.1) is 0 Å². The van der Waals surface area contributed by atoms with E-state index in [1.807, 2.05) is 6.92 Å². The van der Waals surface area contributed by atoms with Crippen LogP contribution in [0.2, 0.25) is 10.0 Å². The SMILES string of the molecule is COc1c(NCC(=O)Nc2ccc(C)c(Cl)c2)cc(Cl)cc1S(=O)(=O)c1ccccc1. The first-order valence-electron chi connectivity index (χ1n) is 9.20. The number of aryl methyl sites for hydroxylation is 1. The smallest absolute Gasteiger partial charge is 0.243 e. The van der Waals surface area contributed by atoms with E-state index in [-0.39, 0.29) is 38.7 Å². The Hall–Kier alpha value is -2.74. The Bertz CT molecular complexity index is 1220. The van der Waals surface area contributed by atoms with Gasteiger partial charge in [0.05, 0.1) is 24.2 Å². The quantitative estimate of drug-likeness (QED) is 0.487. The van der Waals surface area contributed by atoms with Crippen LogP contribution < -0.4 is 15.4 Å². The minimum Gasteiger partial charge on any atom is -0.493 e. The number of benzene rings is 3. The van der Waals surface area contributed by atoms with Gasteiger partial charge in [-0.3, -0.25) is 4.79 Å². The molecule has 0 saturated heterocycles. The second-order valence-electron chi connectivity index (χ2n) is 6.67. The number of methoxy groups -OCH3 is 1. The molecule has 0 aliphatic heterocycles. The standard InChI is InChI=1S/C22H20Cl2N2O4S/c1-14-8-9-16(12-18(14)24)26-21(27)13-25-19-10-15(23)11-20(22(19)30-2)31(28,29)17-6-4-3-5-7-17/h3-12,25H,13H2,1-2H3,(H,26,27). The van der Waals surface area contributed by atoms with Crippen LogP contribution in [0.5, 0.6) is 5.75 Å². The Labute approximate surface area is 191 Å². The van der Waals surface area contributed by atoms with E-state index in [4.69, 9.17) is 27.9 Å². The topological polar surface area (TPSA) is 84.5 Å². The Morgan fingerprint density at radius 3 is 2.39 bits per heavy atom. The van der Waals surface area contributed by atoms with Crippen molar-refractivity contribution in [3.8, 4) is 5.75 Å². The van der Waals surface area contributed by atoms with Crippen LogP contribution in [0.25, 0.3) is 0 Å². The zero-order chi connectivity index (χ0) is 22.6. The molecule has 0 heterocycles. The van der Waals surface area contributed by atoms with Crippen molar-refractivity contribution in [1.29, 1.82) is 0 Å². The summed E-state index contributed by atoms with van der Waals surface area (Å²) in [4.78, 5) is 12.4. The number of anilines is 2. The maximum Gasteiger partial charge on any atom is 0.243 e. The largest absolute Gasteiger partial charge is 0.493 e. The first-order valence-corrected chi connectivity index (χ1v) is 11.4. The van der Waals surface area contributed by atoms with E-state index in [0.29, 0.717) is 10.7 Å². The molecule has 9 heteroatoms. The molecule has 162 valence electrons. The van der Waals surface area contributed by atoms with Crippen molar-refractivity contribution >= 4 is 50.3 Å². The third kappa shape index (κ3) is 5.31. The molecule has 0 radical (unpaired) electrons. The Morgan fingerprint density at radius 1 is 1.03 bits per heavy atom. The van der Waals surface area contributed by atoms with Gasteiger partial charge in [-0.1, -0.05) is 47.5 Å². The lowest BCUT2D eigenvalue weighted by molar-refractivity contribution is -0.114. The third-order valence-corrected chi connectivity index (χ3v) is 6.86. The summed E-state index contributed by atoms with van der Waals surface area (Å²) in [5.41, 5.74) is 1.73. The average Bonchev–Trinajstić information content (AvgIpc) is 2.75. The van der Waals surface area contributed by atoms with Crippen molar-refractivity contribution in [1.82, 2.24) is 0 Å². The van der Waals surface area contributed by atoms with Crippen molar-refractivity contribution < 1.29 is 17.9 Å². The molecule has 1 amide bonds. The lowest BCUT2D eigenvalue weighted by atomic mass is 10.2. The Morgan fingerprint density at radius 2 is 1.74 bits per heavy atom. The van der Waals surface area contributed by atoms with Gasteiger partial charge in [0, 0.05) is 15.7 Å². The molecule has 3 aromatic rings. The minimum atomic E-state index is -3.89. The summed E-state index contributed by atoms with van der Waals surface area (Å²) in [7, 11) is -2.53. The van der Waals surface area contributed by atoms with Gasteiger partial charge in [0.25, 0.3) is 0 Å². The summed E-state index contributed by atoms with van der Waals surface area (Å²) < 4.78 is 31.6. The van der Waals surface area contributed by atoms with Gasteiger partial charge in [0.2, 0.25) is 15.7 Å². The molecule has 0 aromatic heterocycles. The monoisotopic (exact) mass is 478 g/mol. The second kappa shape index (κ2) is 9.60. The van der Waals surface area contributed by atoms with E-state index in [2.05, 4.69) is 10.6 Å². The van der Waals surface area contributed by atoms with Crippen LogP contribution in [0.4, 0.5) is 11.4 Å². The van der Waals surface area contributed by atoms with Gasteiger partial charge in [0.1, 0.15) is 4.90 Å². The average molecular weight is 479 g/mol. The number of sulfone groups is 1. The summed E-state index contributed by atoms with van der Waals surface area (Å²) in [5.74, 6) is -0.283. The highest BCUT2D eigenvalue weighted by Crippen LogP contribution is 2.38. The summed E-state index contributed by atoms with van der Waals surface area (Å²) in [5, 5.41) is 6.34. The van der Waals surface area contributed by atoms with E-state index in [1.54, 1.807) is 36.4 Å². The van der Waals surface area contributed by atoms with Gasteiger partial charge < -0.3 is 15.4 Å². The molecule has 0 spiro atoms. The molecule has 0 bridgehead atoms. The molecule has 6 nitrogen and oxygen atoms in total. The number of amides is 1. The molecule has 0 aliphatic carbocycles. The molecular formula is C22H20Cl2N2O4S. The Kier molecular flexibility index (Phi) is 7.10. The van der Waals surface area contributed by atoms with Gasteiger partial charge in [-0.2, -0.15) is 0 Å². The first-order chi connectivity index (χ1) is 14.7. The van der Waals surface area contributed by atoms with E-state index < -0.39 is 9.84 Å². The van der Waals surface area contributed by atoms with Crippen molar-refractivity contribution in [3.05, 3.63) is 76.3 Å². The molecule has 2 N–H and O–H groups in total. The fourth-order valence-electron chi connectivity index (χ4n) is 2.89. The number of carbonyl (C=O) groups is 1. The fraction of sp³-hybridized carbons (Fsp3) is 0.136. The number of carbonyl (C=O) groups excluding carboxylic acids is 1. The number of halogens is 2. The maximum atomic E-state index is 13.1. The van der Waals surface area contributed by atoms with Crippen LogP contribution in [0.15, 0.2) is 70.5 Å². The molecule has 0 fully saturated rings. The minimum absolute atomic E-state index is 0.0689. The normalized spacial score (nSPS) is 11.1. The second-order valence-corrected chi connectivity index (χ2v) is 9.43. The summed E-state index contributed by atoms with van der Waals surface area (Å²) in [6.07, 6.45) is 0. The van der Waals surface area contributed by atoms with E-state index >= 15 is 0 Å². The zero-order valence-electron chi connectivity index (χ0n) is 16.8. The predicted octanol–water partition coefficient (Wildman–Crippen LogP) is 5.19.